The Kier molecular flexibility index (Phi) is 3.85. The first-order valence-corrected chi connectivity index (χ1v) is 6.82. The van der Waals surface area contributed by atoms with Crippen molar-refractivity contribution in [3.8, 4) is 5.75 Å². The van der Waals surface area contributed by atoms with Gasteiger partial charge in [0.15, 0.2) is 0 Å². The third-order valence-corrected chi connectivity index (χ3v) is 3.60. The van der Waals surface area contributed by atoms with E-state index in [1.165, 1.54) is 0 Å². The van der Waals surface area contributed by atoms with Gasteiger partial charge in [-0.3, -0.25) is 11.3 Å². The minimum atomic E-state index is -0.0160. The fourth-order valence-electron chi connectivity index (χ4n) is 2.47. The molecule has 1 atom stereocenters. The second-order valence-electron chi connectivity index (χ2n) is 4.88. The summed E-state index contributed by atoms with van der Waals surface area (Å²) in [4.78, 5) is 4.40. The summed E-state index contributed by atoms with van der Waals surface area (Å²) in [5, 5.41) is 0. The van der Waals surface area contributed by atoms with E-state index in [9.17, 15) is 0 Å². The van der Waals surface area contributed by atoms with Crippen LogP contribution in [0.2, 0.25) is 0 Å². The molecule has 0 fully saturated rings. The van der Waals surface area contributed by atoms with Crippen molar-refractivity contribution in [2.45, 2.75) is 12.6 Å². The number of fused-ring (bicyclic) bond motifs is 1. The van der Waals surface area contributed by atoms with Gasteiger partial charge in [0.1, 0.15) is 5.75 Å². The van der Waals surface area contributed by atoms with Crippen LogP contribution >= 0.6 is 0 Å². The third kappa shape index (κ3) is 2.74. The van der Waals surface area contributed by atoms with Gasteiger partial charge in [-0.05, 0) is 29.8 Å². The summed E-state index contributed by atoms with van der Waals surface area (Å²) >= 11 is 0. The fourth-order valence-corrected chi connectivity index (χ4v) is 2.47. The summed E-state index contributed by atoms with van der Waals surface area (Å²) in [6.07, 6.45) is 1.84. The predicted octanol–water partition coefficient (Wildman–Crippen LogP) is 2.25. The van der Waals surface area contributed by atoms with E-state index in [1.54, 1.807) is 7.11 Å². The SMILES string of the molecule is COc1cccc(C(Cn2cnc3ccccc32)NN)c1. The molecule has 2 aromatic carbocycles. The number of benzene rings is 2. The number of hydrogen-bond donors (Lipinski definition) is 2. The van der Waals surface area contributed by atoms with Crippen molar-refractivity contribution in [3.63, 3.8) is 0 Å². The van der Waals surface area contributed by atoms with Crippen LogP contribution in [0.15, 0.2) is 54.9 Å². The number of ether oxygens (including phenoxy) is 1. The van der Waals surface area contributed by atoms with E-state index in [0.717, 1.165) is 22.3 Å². The number of hydrogen-bond acceptors (Lipinski definition) is 4. The molecule has 0 amide bonds. The topological polar surface area (TPSA) is 65.1 Å². The van der Waals surface area contributed by atoms with Gasteiger partial charge < -0.3 is 9.30 Å². The highest BCUT2D eigenvalue weighted by Gasteiger charge is 2.13. The minimum Gasteiger partial charge on any atom is -0.497 e. The van der Waals surface area contributed by atoms with Gasteiger partial charge in [-0.15, -0.1) is 0 Å². The van der Waals surface area contributed by atoms with Gasteiger partial charge in [0, 0.05) is 6.54 Å². The van der Waals surface area contributed by atoms with E-state index in [0.29, 0.717) is 6.54 Å². The summed E-state index contributed by atoms with van der Waals surface area (Å²) in [5.41, 5.74) is 6.03. The highest BCUT2D eigenvalue weighted by molar-refractivity contribution is 5.74. The van der Waals surface area contributed by atoms with Crippen LogP contribution in [0.3, 0.4) is 0 Å². The molecule has 1 unspecified atom stereocenters. The van der Waals surface area contributed by atoms with Crippen molar-refractivity contribution in [2.24, 2.45) is 5.84 Å². The number of nitrogens with two attached hydrogens (primary N) is 1. The molecule has 0 saturated heterocycles. The molecule has 1 aromatic heterocycles. The Balaban J connectivity index is 1.90. The number of rotatable bonds is 5. The summed E-state index contributed by atoms with van der Waals surface area (Å²) in [6, 6.07) is 15.9. The van der Waals surface area contributed by atoms with E-state index in [4.69, 9.17) is 10.6 Å². The minimum absolute atomic E-state index is 0.0160. The number of hydrazine groups is 1. The zero-order valence-electron chi connectivity index (χ0n) is 11.9. The van der Waals surface area contributed by atoms with E-state index < -0.39 is 0 Å². The van der Waals surface area contributed by atoms with Crippen molar-refractivity contribution in [3.05, 3.63) is 60.4 Å². The van der Waals surface area contributed by atoms with Crippen molar-refractivity contribution in [2.75, 3.05) is 7.11 Å². The zero-order valence-corrected chi connectivity index (χ0v) is 11.9. The van der Waals surface area contributed by atoms with Gasteiger partial charge in [0.05, 0.1) is 30.5 Å². The summed E-state index contributed by atoms with van der Waals surface area (Å²) in [6.45, 7) is 0.699. The molecule has 1 heterocycles. The number of nitrogens with one attached hydrogen (secondary N) is 1. The number of methoxy groups -OCH3 is 1. The smallest absolute Gasteiger partial charge is 0.119 e. The van der Waals surface area contributed by atoms with Crippen molar-refractivity contribution >= 4 is 11.0 Å². The molecule has 108 valence electrons. The monoisotopic (exact) mass is 282 g/mol. The molecular formula is C16H18N4O. The van der Waals surface area contributed by atoms with E-state index in [1.807, 2.05) is 48.8 Å². The second kappa shape index (κ2) is 5.95. The van der Waals surface area contributed by atoms with Gasteiger partial charge in [-0.25, -0.2) is 4.98 Å². The number of imidazole rings is 1. The van der Waals surface area contributed by atoms with Gasteiger partial charge in [0.2, 0.25) is 0 Å². The predicted molar refractivity (Wildman–Crippen MR) is 82.8 cm³/mol. The molecule has 0 aliphatic heterocycles. The number of nitrogens with zero attached hydrogens (tertiary/aromatic N) is 2. The van der Waals surface area contributed by atoms with Gasteiger partial charge in [-0.1, -0.05) is 24.3 Å². The lowest BCUT2D eigenvalue weighted by atomic mass is 10.1. The molecule has 3 rings (SSSR count). The highest BCUT2D eigenvalue weighted by atomic mass is 16.5. The molecule has 3 N–H and O–H groups in total. The lowest BCUT2D eigenvalue weighted by Gasteiger charge is -2.18. The van der Waals surface area contributed by atoms with E-state index >= 15 is 0 Å². The Morgan fingerprint density at radius 3 is 2.90 bits per heavy atom. The lowest BCUT2D eigenvalue weighted by Crippen LogP contribution is -2.31. The maximum Gasteiger partial charge on any atom is 0.119 e. The largest absolute Gasteiger partial charge is 0.497 e. The zero-order chi connectivity index (χ0) is 14.7. The second-order valence-corrected chi connectivity index (χ2v) is 4.88. The molecule has 0 aliphatic carbocycles. The van der Waals surface area contributed by atoms with Crippen LogP contribution in [0.1, 0.15) is 11.6 Å². The van der Waals surface area contributed by atoms with Crippen molar-refractivity contribution < 1.29 is 4.74 Å². The van der Waals surface area contributed by atoms with Gasteiger partial charge in [-0.2, -0.15) is 0 Å². The maximum absolute atomic E-state index is 5.73. The molecule has 0 saturated carbocycles. The van der Waals surface area contributed by atoms with Crippen LogP contribution in [-0.2, 0) is 6.54 Å². The molecule has 5 heteroatoms. The Morgan fingerprint density at radius 2 is 2.10 bits per heavy atom. The first-order valence-electron chi connectivity index (χ1n) is 6.82. The molecule has 0 bridgehead atoms. The summed E-state index contributed by atoms with van der Waals surface area (Å²) in [5.74, 6) is 6.55. The third-order valence-electron chi connectivity index (χ3n) is 3.60. The normalized spacial score (nSPS) is 12.5. The fraction of sp³-hybridized carbons (Fsp3) is 0.188. The van der Waals surface area contributed by atoms with Crippen molar-refractivity contribution in [1.82, 2.24) is 15.0 Å². The molecule has 21 heavy (non-hydrogen) atoms. The average molecular weight is 282 g/mol. The summed E-state index contributed by atoms with van der Waals surface area (Å²) in [7, 11) is 1.66. The van der Waals surface area contributed by atoms with E-state index in [2.05, 4.69) is 21.0 Å². The number of aromatic nitrogens is 2. The first kappa shape index (κ1) is 13.6. The quantitative estimate of drug-likeness (QED) is 0.556. The Morgan fingerprint density at radius 1 is 1.24 bits per heavy atom. The van der Waals surface area contributed by atoms with Crippen LogP contribution in [0.25, 0.3) is 11.0 Å². The maximum atomic E-state index is 5.73. The Bertz CT molecular complexity index is 738. The average Bonchev–Trinajstić information content (AvgIpc) is 2.95. The Labute approximate surface area is 123 Å². The molecular weight excluding hydrogens is 264 g/mol. The van der Waals surface area contributed by atoms with Crippen LogP contribution in [-0.4, -0.2) is 16.7 Å². The molecule has 0 aliphatic rings. The van der Waals surface area contributed by atoms with Crippen LogP contribution < -0.4 is 16.0 Å². The Hall–Kier alpha value is -2.37. The standard InChI is InChI=1S/C16H18N4O/c1-21-13-6-4-5-12(9-13)15(19-17)10-20-11-18-14-7-2-3-8-16(14)20/h2-9,11,15,19H,10,17H2,1H3. The van der Waals surface area contributed by atoms with Gasteiger partial charge in [0.25, 0.3) is 0 Å². The van der Waals surface area contributed by atoms with Crippen LogP contribution in [0.4, 0.5) is 0 Å². The molecule has 0 radical (unpaired) electrons. The van der Waals surface area contributed by atoms with Crippen molar-refractivity contribution in [1.29, 1.82) is 0 Å². The van der Waals surface area contributed by atoms with Crippen LogP contribution in [0, 0.1) is 0 Å². The first-order chi connectivity index (χ1) is 10.3. The summed E-state index contributed by atoms with van der Waals surface area (Å²) < 4.78 is 7.36. The lowest BCUT2D eigenvalue weighted by molar-refractivity contribution is 0.411. The molecule has 3 aromatic rings. The van der Waals surface area contributed by atoms with Gasteiger partial charge >= 0.3 is 0 Å². The van der Waals surface area contributed by atoms with Crippen LogP contribution in [0.5, 0.6) is 5.75 Å². The van der Waals surface area contributed by atoms with E-state index in [-0.39, 0.29) is 6.04 Å². The molecule has 5 nitrogen and oxygen atoms in total. The highest BCUT2D eigenvalue weighted by Crippen LogP contribution is 2.22. The molecule has 0 spiro atoms. The number of para-hydroxylation sites is 2.